The first-order valence-electron chi connectivity index (χ1n) is 7.36. The summed E-state index contributed by atoms with van der Waals surface area (Å²) in [6.07, 6.45) is 2.39. The van der Waals surface area contributed by atoms with Crippen LogP contribution in [0.5, 0.6) is 0 Å². The van der Waals surface area contributed by atoms with E-state index in [-0.39, 0.29) is 25.0 Å². The third kappa shape index (κ3) is 4.10. The van der Waals surface area contributed by atoms with Crippen molar-refractivity contribution in [2.24, 2.45) is 0 Å². The molecule has 1 fully saturated rings. The maximum absolute atomic E-state index is 12.5. The molecule has 0 aromatic heterocycles. The fourth-order valence-corrected chi connectivity index (χ4v) is 2.53. The second-order valence-electron chi connectivity index (χ2n) is 5.67. The topological polar surface area (TPSA) is 81.1 Å². The number of carbonyl (C=O) groups excluding carboxylic acids is 1. The van der Waals surface area contributed by atoms with Gasteiger partial charge in [0, 0.05) is 25.6 Å². The second-order valence-corrected chi connectivity index (χ2v) is 5.67. The molecular formula is C14H26N2O4. The molecule has 1 saturated heterocycles. The fraction of sp³-hybridized carbons (Fsp3) is 0.857. The molecule has 2 N–H and O–H groups in total. The first-order valence-corrected chi connectivity index (χ1v) is 7.36. The maximum Gasteiger partial charge on any atom is 0.326 e. The number of rotatable bonds is 6. The van der Waals surface area contributed by atoms with E-state index in [0.717, 1.165) is 19.3 Å². The van der Waals surface area contributed by atoms with Gasteiger partial charge in [-0.25, -0.2) is 9.59 Å². The van der Waals surface area contributed by atoms with E-state index in [2.05, 4.69) is 6.92 Å². The second kappa shape index (κ2) is 7.47. The number of carboxylic acid groups (broad SMARTS) is 1. The number of likely N-dealkylation sites (tertiary alicyclic amines) is 1. The first-order chi connectivity index (χ1) is 9.38. The van der Waals surface area contributed by atoms with Crippen LogP contribution in [0.3, 0.4) is 0 Å². The third-order valence-corrected chi connectivity index (χ3v) is 3.68. The highest BCUT2D eigenvalue weighted by Gasteiger charge is 2.40. The molecule has 2 atom stereocenters. The number of amides is 2. The Hall–Kier alpha value is -1.30. The molecule has 1 aliphatic heterocycles. The van der Waals surface area contributed by atoms with Crippen LogP contribution in [0.4, 0.5) is 4.79 Å². The summed E-state index contributed by atoms with van der Waals surface area (Å²) in [5.41, 5.74) is 0. The number of hydrogen-bond donors (Lipinski definition) is 2. The molecule has 0 spiro atoms. The molecule has 6 heteroatoms. The monoisotopic (exact) mass is 286 g/mol. The SMILES string of the molecule is CCCCCN(C(=O)N1C[C@H](O)C[C@H]1C(=O)O)C(C)C. The van der Waals surface area contributed by atoms with Gasteiger partial charge in [0.25, 0.3) is 0 Å². The lowest BCUT2D eigenvalue weighted by molar-refractivity contribution is -0.141. The molecule has 0 unspecified atom stereocenters. The quantitative estimate of drug-likeness (QED) is 0.726. The zero-order valence-corrected chi connectivity index (χ0v) is 12.6. The summed E-state index contributed by atoms with van der Waals surface area (Å²) in [5.74, 6) is -1.05. The van der Waals surface area contributed by atoms with Gasteiger partial charge in [-0.3, -0.25) is 0 Å². The summed E-state index contributed by atoms with van der Waals surface area (Å²) in [6.45, 7) is 6.67. The molecule has 116 valence electrons. The summed E-state index contributed by atoms with van der Waals surface area (Å²) in [6, 6.07) is -1.17. The van der Waals surface area contributed by atoms with Crippen molar-refractivity contribution >= 4 is 12.0 Å². The number of nitrogens with zero attached hydrogens (tertiary/aromatic N) is 2. The van der Waals surface area contributed by atoms with Crippen molar-refractivity contribution in [3.63, 3.8) is 0 Å². The van der Waals surface area contributed by atoms with E-state index in [4.69, 9.17) is 5.11 Å². The van der Waals surface area contributed by atoms with Gasteiger partial charge in [0.1, 0.15) is 6.04 Å². The summed E-state index contributed by atoms with van der Waals surface area (Å²) in [5, 5.41) is 18.8. The summed E-state index contributed by atoms with van der Waals surface area (Å²) < 4.78 is 0. The standard InChI is InChI=1S/C14H26N2O4/c1-4-5-6-7-15(10(2)3)14(20)16-9-11(17)8-12(16)13(18)19/h10-12,17H,4-9H2,1-3H3,(H,18,19)/t11-,12+/m1/s1. The number of carbonyl (C=O) groups is 2. The molecule has 1 rings (SSSR count). The number of aliphatic hydroxyl groups excluding tert-OH is 1. The lowest BCUT2D eigenvalue weighted by atomic mass is 10.2. The Bertz CT molecular complexity index is 346. The van der Waals surface area contributed by atoms with E-state index >= 15 is 0 Å². The zero-order chi connectivity index (χ0) is 15.3. The Labute approximate surface area is 120 Å². The third-order valence-electron chi connectivity index (χ3n) is 3.68. The molecule has 1 aliphatic rings. The van der Waals surface area contributed by atoms with Gasteiger partial charge < -0.3 is 20.0 Å². The van der Waals surface area contributed by atoms with E-state index < -0.39 is 18.1 Å². The van der Waals surface area contributed by atoms with Gasteiger partial charge in [-0.05, 0) is 20.3 Å². The van der Waals surface area contributed by atoms with Crippen molar-refractivity contribution in [3.8, 4) is 0 Å². The minimum atomic E-state index is -1.05. The largest absolute Gasteiger partial charge is 0.480 e. The predicted molar refractivity (Wildman–Crippen MR) is 75.5 cm³/mol. The van der Waals surface area contributed by atoms with Gasteiger partial charge in [0.2, 0.25) is 0 Å². The van der Waals surface area contributed by atoms with Crippen molar-refractivity contribution in [2.75, 3.05) is 13.1 Å². The maximum atomic E-state index is 12.5. The van der Waals surface area contributed by atoms with Gasteiger partial charge in [-0.2, -0.15) is 0 Å². The van der Waals surface area contributed by atoms with Crippen molar-refractivity contribution in [3.05, 3.63) is 0 Å². The molecule has 0 aromatic carbocycles. The molecule has 0 radical (unpaired) electrons. The fourth-order valence-electron chi connectivity index (χ4n) is 2.53. The van der Waals surface area contributed by atoms with Crippen LogP contribution in [-0.4, -0.2) is 63.3 Å². The number of aliphatic hydroxyl groups is 1. The number of urea groups is 1. The first kappa shape index (κ1) is 16.8. The van der Waals surface area contributed by atoms with Crippen LogP contribution in [0, 0.1) is 0 Å². The van der Waals surface area contributed by atoms with Crippen molar-refractivity contribution in [1.29, 1.82) is 0 Å². The lowest BCUT2D eigenvalue weighted by Crippen LogP contribution is -2.50. The number of aliphatic carboxylic acids is 1. The van der Waals surface area contributed by atoms with Gasteiger partial charge >= 0.3 is 12.0 Å². The van der Waals surface area contributed by atoms with Gasteiger partial charge in [-0.1, -0.05) is 19.8 Å². The summed E-state index contributed by atoms with van der Waals surface area (Å²) >= 11 is 0. The van der Waals surface area contributed by atoms with E-state index in [1.807, 2.05) is 13.8 Å². The Morgan fingerprint density at radius 1 is 1.35 bits per heavy atom. The van der Waals surface area contributed by atoms with Crippen LogP contribution in [0.1, 0.15) is 46.5 Å². The lowest BCUT2D eigenvalue weighted by Gasteiger charge is -2.33. The molecule has 2 amide bonds. The normalized spacial score (nSPS) is 22.4. The van der Waals surface area contributed by atoms with Gasteiger partial charge in [0.15, 0.2) is 0 Å². The highest BCUT2D eigenvalue weighted by Crippen LogP contribution is 2.21. The Morgan fingerprint density at radius 2 is 2.00 bits per heavy atom. The van der Waals surface area contributed by atoms with Crippen LogP contribution in [-0.2, 0) is 4.79 Å². The number of unbranched alkanes of at least 4 members (excludes halogenated alkanes) is 2. The van der Waals surface area contributed by atoms with Crippen LogP contribution < -0.4 is 0 Å². The number of carboxylic acids is 1. The molecule has 6 nitrogen and oxygen atoms in total. The van der Waals surface area contributed by atoms with Crippen molar-refractivity contribution in [2.45, 2.75) is 64.6 Å². The average Bonchev–Trinajstić information content (AvgIpc) is 2.76. The van der Waals surface area contributed by atoms with Crippen molar-refractivity contribution in [1.82, 2.24) is 9.80 Å². The number of β-amino-alcohol motifs (C(OH)–C–C–N with tert-alkyl or cyclic N) is 1. The molecular weight excluding hydrogens is 260 g/mol. The molecule has 0 aromatic rings. The van der Waals surface area contributed by atoms with Crippen LogP contribution in [0.15, 0.2) is 0 Å². The van der Waals surface area contributed by atoms with Gasteiger partial charge in [-0.15, -0.1) is 0 Å². The zero-order valence-electron chi connectivity index (χ0n) is 12.6. The smallest absolute Gasteiger partial charge is 0.326 e. The molecule has 0 bridgehead atoms. The van der Waals surface area contributed by atoms with Crippen molar-refractivity contribution < 1.29 is 19.8 Å². The summed E-state index contributed by atoms with van der Waals surface area (Å²) in [7, 11) is 0. The molecule has 1 heterocycles. The molecule has 20 heavy (non-hydrogen) atoms. The van der Waals surface area contributed by atoms with E-state index in [9.17, 15) is 14.7 Å². The highest BCUT2D eigenvalue weighted by atomic mass is 16.4. The molecule has 0 saturated carbocycles. The van der Waals surface area contributed by atoms with E-state index in [1.54, 1.807) is 4.90 Å². The van der Waals surface area contributed by atoms with E-state index in [1.165, 1.54) is 4.90 Å². The Kier molecular flexibility index (Phi) is 6.26. The number of hydrogen-bond acceptors (Lipinski definition) is 3. The highest BCUT2D eigenvalue weighted by molar-refractivity contribution is 5.83. The summed E-state index contributed by atoms with van der Waals surface area (Å²) in [4.78, 5) is 26.7. The minimum Gasteiger partial charge on any atom is -0.480 e. The predicted octanol–water partition coefficient (Wildman–Crippen LogP) is 1.53. The van der Waals surface area contributed by atoms with Crippen LogP contribution in [0.2, 0.25) is 0 Å². The van der Waals surface area contributed by atoms with Crippen LogP contribution in [0.25, 0.3) is 0 Å². The van der Waals surface area contributed by atoms with E-state index in [0.29, 0.717) is 6.54 Å². The van der Waals surface area contributed by atoms with Crippen LogP contribution >= 0.6 is 0 Å². The minimum absolute atomic E-state index is 0.0199. The van der Waals surface area contributed by atoms with Gasteiger partial charge in [0.05, 0.1) is 6.10 Å². The Morgan fingerprint density at radius 3 is 2.50 bits per heavy atom. The average molecular weight is 286 g/mol. The Balaban J connectivity index is 2.74. The molecule has 0 aliphatic carbocycles.